The molecule has 0 spiro atoms. The molecule has 2 atom stereocenters. The molecule has 1 aromatic carbocycles. The van der Waals surface area contributed by atoms with Gasteiger partial charge in [-0.1, -0.05) is 19.4 Å². The van der Waals surface area contributed by atoms with Gasteiger partial charge in [-0.05, 0) is 81.0 Å². The molecule has 1 saturated heterocycles. The first-order valence-electron chi connectivity index (χ1n) is 10.5. The van der Waals surface area contributed by atoms with Gasteiger partial charge in [0.1, 0.15) is 5.75 Å². The molecule has 1 unspecified atom stereocenters. The lowest BCUT2D eigenvalue weighted by atomic mass is 9.79. The Hall–Kier alpha value is -2.03. The van der Waals surface area contributed by atoms with Crippen LogP contribution >= 0.6 is 0 Å². The number of likely N-dealkylation sites (tertiary alicyclic amines) is 1. The number of unbranched alkanes of at least 4 members (excludes halogenated alkanes) is 1. The number of hydrogen-bond donors (Lipinski definition) is 1. The summed E-state index contributed by atoms with van der Waals surface area (Å²) >= 11 is 0. The largest absolute Gasteiger partial charge is 0.497 e. The van der Waals surface area contributed by atoms with Crippen LogP contribution in [0.5, 0.6) is 5.75 Å². The normalized spacial score (nSPS) is 23.1. The lowest BCUT2D eigenvalue weighted by Crippen LogP contribution is -2.56. The van der Waals surface area contributed by atoms with E-state index in [1.54, 1.807) is 7.11 Å². The fraction of sp³-hybridized carbons (Fsp3) is 0.609. The molecule has 0 saturated carbocycles. The molecule has 5 nitrogen and oxygen atoms in total. The monoisotopic (exact) mass is 383 g/mol. The van der Waals surface area contributed by atoms with E-state index < -0.39 is 0 Å². The second kappa shape index (κ2) is 9.45. The maximum absolute atomic E-state index is 12.9. The number of ether oxygens (including phenoxy) is 1. The number of carbonyl (C=O) groups is 1. The number of nitrogens with zero attached hydrogens (tertiary/aromatic N) is 2. The molecule has 2 heterocycles. The maximum atomic E-state index is 12.9. The quantitative estimate of drug-likeness (QED) is 0.606. The smallest absolute Gasteiger partial charge is 0.299 e. The van der Waals surface area contributed by atoms with Gasteiger partial charge in [0.15, 0.2) is 0 Å². The zero-order chi connectivity index (χ0) is 20.1. The van der Waals surface area contributed by atoms with Gasteiger partial charge in [-0.15, -0.1) is 6.42 Å². The van der Waals surface area contributed by atoms with Gasteiger partial charge in [-0.2, -0.15) is 0 Å². The fourth-order valence-corrected chi connectivity index (χ4v) is 4.61. The van der Waals surface area contributed by atoms with E-state index in [0.29, 0.717) is 5.92 Å². The molecule has 0 bridgehead atoms. The van der Waals surface area contributed by atoms with Gasteiger partial charge in [-0.25, -0.2) is 0 Å². The first-order valence-corrected chi connectivity index (χ1v) is 10.5. The zero-order valence-corrected chi connectivity index (χ0v) is 17.4. The van der Waals surface area contributed by atoms with Crippen LogP contribution in [0.15, 0.2) is 18.2 Å². The van der Waals surface area contributed by atoms with Crippen LogP contribution in [0.4, 0.5) is 0 Å². The van der Waals surface area contributed by atoms with Crippen molar-refractivity contribution in [1.82, 2.24) is 15.1 Å². The van der Waals surface area contributed by atoms with E-state index in [2.05, 4.69) is 42.2 Å². The third-order valence-corrected chi connectivity index (χ3v) is 6.20. The lowest BCUT2D eigenvalue weighted by Gasteiger charge is -2.47. The number of hydrogen-bond acceptors (Lipinski definition) is 4. The minimum atomic E-state index is -0.209. The standard InChI is InChI=1S/C23H33N3O2/c1-5-7-12-24-21-16-18-15-19(28-4)8-9-20(18)23(26(21)22(27)6-2)17-10-13-25(3)14-11-17/h2,8-9,15,17,21,23-24H,5,7,10-14,16H2,1,3-4H3/t21-,23?/m1/s1. The molecule has 1 amide bonds. The highest BCUT2D eigenvalue weighted by Crippen LogP contribution is 2.42. The number of methoxy groups -OCH3 is 1. The molecule has 5 heteroatoms. The Morgan fingerprint density at radius 2 is 2.11 bits per heavy atom. The fourth-order valence-electron chi connectivity index (χ4n) is 4.61. The highest BCUT2D eigenvalue weighted by Gasteiger charge is 2.41. The molecule has 152 valence electrons. The first-order chi connectivity index (χ1) is 13.6. The number of nitrogens with one attached hydrogen (secondary N) is 1. The zero-order valence-electron chi connectivity index (χ0n) is 17.4. The van der Waals surface area contributed by atoms with Crippen molar-refractivity contribution in [3.8, 4) is 18.1 Å². The summed E-state index contributed by atoms with van der Waals surface area (Å²) < 4.78 is 5.46. The summed E-state index contributed by atoms with van der Waals surface area (Å²) in [7, 11) is 3.86. The van der Waals surface area contributed by atoms with Gasteiger partial charge in [-0.3, -0.25) is 10.1 Å². The van der Waals surface area contributed by atoms with E-state index in [4.69, 9.17) is 11.2 Å². The summed E-state index contributed by atoms with van der Waals surface area (Å²) in [6, 6.07) is 6.29. The summed E-state index contributed by atoms with van der Waals surface area (Å²) in [6.45, 7) is 5.17. The van der Waals surface area contributed by atoms with Gasteiger partial charge < -0.3 is 14.5 Å². The van der Waals surface area contributed by atoms with Crippen molar-refractivity contribution in [3.63, 3.8) is 0 Å². The number of rotatable bonds is 6. The molecule has 1 fully saturated rings. The Labute approximate surface area is 169 Å². The predicted octanol–water partition coefficient (Wildman–Crippen LogP) is 2.81. The van der Waals surface area contributed by atoms with Gasteiger partial charge in [0.25, 0.3) is 5.91 Å². The predicted molar refractivity (Wildman–Crippen MR) is 112 cm³/mol. The highest BCUT2D eigenvalue weighted by atomic mass is 16.5. The number of carbonyl (C=O) groups excluding carboxylic acids is 1. The number of piperidine rings is 1. The summed E-state index contributed by atoms with van der Waals surface area (Å²) in [5.74, 6) is 3.47. The SMILES string of the molecule is C#CC(=O)N1C(C2CCN(C)CC2)c2ccc(OC)cc2C[C@@H]1NCCCC. The van der Waals surface area contributed by atoms with E-state index in [9.17, 15) is 4.79 Å². The average Bonchev–Trinajstić information content (AvgIpc) is 2.72. The van der Waals surface area contributed by atoms with E-state index in [0.717, 1.165) is 57.5 Å². The van der Waals surface area contributed by atoms with Crippen LogP contribution in [-0.2, 0) is 11.2 Å². The second-order valence-corrected chi connectivity index (χ2v) is 8.03. The van der Waals surface area contributed by atoms with Gasteiger partial charge >= 0.3 is 0 Å². The van der Waals surface area contributed by atoms with Crippen LogP contribution < -0.4 is 10.1 Å². The summed E-state index contributed by atoms with van der Waals surface area (Å²) in [6.07, 6.45) is 10.6. The van der Waals surface area contributed by atoms with Crippen molar-refractivity contribution in [3.05, 3.63) is 29.3 Å². The molecule has 1 N–H and O–H groups in total. The average molecular weight is 384 g/mol. The second-order valence-electron chi connectivity index (χ2n) is 8.03. The molecule has 0 radical (unpaired) electrons. The molecular formula is C23H33N3O2. The summed E-state index contributed by atoms with van der Waals surface area (Å²) in [5.41, 5.74) is 2.49. The van der Waals surface area contributed by atoms with Gasteiger partial charge in [0.05, 0.1) is 19.3 Å². The van der Waals surface area contributed by atoms with E-state index in [1.165, 1.54) is 11.1 Å². The number of benzene rings is 1. The molecule has 2 aliphatic heterocycles. The number of terminal acetylenes is 1. The van der Waals surface area contributed by atoms with Gasteiger partial charge in [0.2, 0.25) is 0 Å². The van der Waals surface area contributed by atoms with Crippen molar-refractivity contribution < 1.29 is 9.53 Å². The Balaban J connectivity index is 1.99. The van der Waals surface area contributed by atoms with E-state index in [-0.39, 0.29) is 18.1 Å². The number of amides is 1. The van der Waals surface area contributed by atoms with Crippen LogP contribution in [0.1, 0.15) is 49.8 Å². The molecule has 0 aliphatic carbocycles. The third kappa shape index (κ3) is 4.34. The topological polar surface area (TPSA) is 44.8 Å². The molecule has 2 aliphatic rings. The van der Waals surface area contributed by atoms with Crippen LogP contribution in [-0.4, -0.2) is 55.7 Å². The summed E-state index contributed by atoms with van der Waals surface area (Å²) in [5, 5.41) is 3.60. The molecule has 28 heavy (non-hydrogen) atoms. The molecule has 3 rings (SSSR count). The molecular weight excluding hydrogens is 350 g/mol. The van der Waals surface area contributed by atoms with Crippen LogP contribution in [0, 0.1) is 18.3 Å². The van der Waals surface area contributed by atoms with Crippen molar-refractivity contribution in [2.75, 3.05) is 33.8 Å². The first kappa shape index (κ1) is 20.7. The van der Waals surface area contributed by atoms with Crippen LogP contribution in [0.3, 0.4) is 0 Å². The van der Waals surface area contributed by atoms with Crippen molar-refractivity contribution in [2.45, 2.75) is 51.2 Å². The Morgan fingerprint density at radius 3 is 2.75 bits per heavy atom. The Morgan fingerprint density at radius 1 is 1.36 bits per heavy atom. The van der Waals surface area contributed by atoms with Gasteiger partial charge in [0, 0.05) is 6.42 Å². The maximum Gasteiger partial charge on any atom is 0.299 e. The lowest BCUT2D eigenvalue weighted by molar-refractivity contribution is -0.134. The minimum absolute atomic E-state index is 0.0195. The minimum Gasteiger partial charge on any atom is -0.497 e. The van der Waals surface area contributed by atoms with Crippen molar-refractivity contribution in [2.24, 2.45) is 5.92 Å². The van der Waals surface area contributed by atoms with E-state index >= 15 is 0 Å². The summed E-state index contributed by atoms with van der Waals surface area (Å²) in [4.78, 5) is 17.2. The highest BCUT2D eigenvalue weighted by molar-refractivity contribution is 5.93. The van der Waals surface area contributed by atoms with Crippen LogP contribution in [0.2, 0.25) is 0 Å². The Bertz CT molecular complexity index is 719. The number of fused-ring (bicyclic) bond motifs is 1. The van der Waals surface area contributed by atoms with Crippen LogP contribution in [0.25, 0.3) is 0 Å². The van der Waals surface area contributed by atoms with Crippen molar-refractivity contribution >= 4 is 5.91 Å². The molecule has 1 aromatic rings. The molecule has 0 aromatic heterocycles. The van der Waals surface area contributed by atoms with Crippen molar-refractivity contribution in [1.29, 1.82) is 0 Å². The Kier molecular flexibility index (Phi) is 6.98. The van der Waals surface area contributed by atoms with E-state index in [1.807, 2.05) is 11.0 Å². The third-order valence-electron chi connectivity index (χ3n) is 6.20.